The third-order valence-electron chi connectivity index (χ3n) is 20.3. The molecule has 0 N–H and O–H groups in total. The van der Waals surface area contributed by atoms with Gasteiger partial charge in [-0.05, 0) is 257 Å². The molecule has 0 aliphatic heterocycles. The second kappa shape index (κ2) is 47.4. The van der Waals surface area contributed by atoms with Crippen LogP contribution in [0.25, 0.3) is 0 Å². The third kappa shape index (κ3) is 27.6. The SMILES string of the molecule is CC(C)(C)c1ccc([S+](c2ccccc2)c2ccccc2)cc1.CCCCCCCCc1ccc([S+](c2ccccc2)c2ccccc2)cc1.CCCCCCc1ccc([S+](c2ccccc2)c2ccccc2)cc1.Cc1ccc([S+](c2ccccc2)c2ccc(C)cc2)cc1.Cc1ccc([S+](c2ccccc2)c2ccc(C)cc2)cc1. The minimum atomic E-state index is -0.0497. The maximum Gasteiger partial charge on any atom is 0.166 e. The molecule has 0 aliphatic rings. The predicted octanol–water partition coefficient (Wildman–Crippen LogP) is 31.5. The predicted molar refractivity (Wildman–Crippen MR) is 510 cm³/mol. The zero-order chi connectivity index (χ0) is 81.7. The lowest BCUT2D eigenvalue weighted by molar-refractivity contribution is 0.589. The molecule has 15 rings (SSSR count). The fourth-order valence-corrected chi connectivity index (χ4v) is 24.1. The quantitative estimate of drug-likeness (QED) is 0.0356. The van der Waals surface area contributed by atoms with E-state index in [2.05, 4.69) is 475 Å². The van der Waals surface area contributed by atoms with E-state index in [1.807, 2.05) is 0 Å². The molecule has 0 fully saturated rings. The molecule has 0 spiro atoms. The standard InChI is InChI=1S/C26H31S.C24H27S.C22H23S.2C20H19S/c1-2-3-4-5-6-9-14-23-19-21-26(22-20-23)27(24-15-10-7-11-16-24)25-17-12-8-13-18-25;1-2-3-4-7-12-21-17-19-24(20-18-21)25(22-13-8-5-9-14-22)23-15-10-6-11-16-23;1-22(2,3)18-14-16-21(17-15-18)23(19-10-6-4-7-11-19)20-12-8-5-9-13-20;2*1-16-8-12-19(13-9-16)21(18-6-4-3-5-7-18)20-14-10-17(2)11-15-20/h7-8,10-13,15-22H,2-6,9,14H2,1H3;5-6,8-11,13-20H,2-4,7,12H2,1H3;4-17H,1-3H3;2*3-15H,1-2H3/q5*+1. The van der Waals surface area contributed by atoms with Crippen LogP contribution in [0.1, 0.15) is 138 Å². The van der Waals surface area contributed by atoms with Crippen molar-refractivity contribution >= 4 is 54.5 Å². The molecule has 0 radical (unpaired) electrons. The smallest absolute Gasteiger partial charge is 0.0654 e. The van der Waals surface area contributed by atoms with Crippen LogP contribution in [-0.4, -0.2) is 0 Å². The lowest BCUT2D eigenvalue weighted by Gasteiger charge is -2.19. The van der Waals surface area contributed by atoms with Gasteiger partial charge in [0.15, 0.2) is 73.4 Å². The first-order chi connectivity index (χ1) is 57.3. The Bertz CT molecular complexity index is 4840. The van der Waals surface area contributed by atoms with Gasteiger partial charge in [-0.25, -0.2) is 0 Å². The van der Waals surface area contributed by atoms with Crippen LogP contribution >= 0.6 is 0 Å². The Morgan fingerprint density at radius 3 is 0.513 bits per heavy atom. The van der Waals surface area contributed by atoms with Gasteiger partial charge in [-0.2, -0.15) is 0 Å². The van der Waals surface area contributed by atoms with Crippen molar-refractivity contribution in [1.29, 1.82) is 0 Å². The van der Waals surface area contributed by atoms with Crippen molar-refractivity contribution in [2.75, 3.05) is 0 Å². The number of hydrogen-bond donors (Lipinski definition) is 0. The molecule has 0 nitrogen and oxygen atoms in total. The van der Waals surface area contributed by atoms with Gasteiger partial charge in [0.05, 0.1) is 54.5 Å². The summed E-state index contributed by atoms with van der Waals surface area (Å²) in [6.45, 7) is 19.9. The Kier molecular flexibility index (Phi) is 35.6. The second-order valence-corrected chi connectivity index (χ2v) is 40.8. The first-order valence-corrected chi connectivity index (χ1v) is 48.1. The zero-order valence-corrected chi connectivity index (χ0v) is 74.4. The highest BCUT2D eigenvalue weighted by atomic mass is 32.2. The van der Waals surface area contributed by atoms with Crippen LogP contribution in [0.5, 0.6) is 0 Å². The number of benzene rings is 15. The van der Waals surface area contributed by atoms with Crippen molar-refractivity contribution in [3.63, 3.8) is 0 Å². The molecule has 0 atom stereocenters. The summed E-state index contributed by atoms with van der Waals surface area (Å²) in [6, 6.07) is 150. The van der Waals surface area contributed by atoms with Crippen LogP contribution in [0.4, 0.5) is 0 Å². The van der Waals surface area contributed by atoms with E-state index in [0.717, 1.165) is 0 Å². The highest BCUT2D eigenvalue weighted by Crippen LogP contribution is 2.38. The lowest BCUT2D eigenvalue weighted by atomic mass is 9.87. The Labute approximate surface area is 718 Å². The van der Waals surface area contributed by atoms with E-state index in [9.17, 15) is 0 Å². The van der Waals surface area contributed by atoms with E-state index in [1.165, 1.54) is 189 Å². The van der Waals surface area contributed by atoms with E-state index in [0.29, 0.717) is 0 Å². The molecule has 0 amide bonds. The monoisotopic (exact) mass is 1620 g/mol. The minimum absolute atomic E-state index is 0.0312. The van der Waals surface area contributed by atoms with Crippen molar-refractivity contribution in [1.82, 2.24) is 0 Å². The molecule has 117 heavy (non-hydrogen) atoms. The van der Waals surface area contributed by atoms with E-state index in [4.69, 9.17) is 0 Å². The summed E-state index contributed by atoms with van der Waals surface area (Å²) in [5.74, 6) is 0. The molecule has 15 aromatic carbocycles. The first kappa shape index (κ1) is 87.9. The van der Waals surface area contributed by atoms with Crippen LogP contribution in [-0.2, 0) is 72.7 Å². The normalized spacial score (nSPS) is 11.1. The lowest BCUT2D eigenvalue weighted by Crippen LogP contribution is -2.11. The van der Waals surface area contributed by atoms with E-state index >= 15 is 0 Å². The van der Waals surface area contributed by atoms with Crippen LogP contribution in [0.3, 0.4) is 0 Å². The molecule has 5 heteroatoms. The topological polar surface area (TPSA) is 0 Å². The Balaban J connectivity index is 0.000000144. The summed E-state index contributed by atoms with van der Waals surface area (Å²) >= 11 is 0. The molecule has 15 aromatic rings. The highest BCUT2D eigenvalue weighted by Gasteiger charge is 2.33. The maximum atomic E-state index is 2.34. The van der Waals surface area contributed by atoms with E-state index < -0.39 is 0 Å². The second-order valence-electron chi connectivity index (χ2n) is 30.7. The molecule has 0 aromatic heterocycles. The summed E-state index contributed by atoms with van der Waals surface area (Å²) in [7, 11) is -0.178. The largest absolute Gasteiger partial charge is 0.166 e. The van der Waals surface area contributed by atoms with Crippen molar-refractivity contribution in [2.45, 2.75) is 218 Å². The Morgan fingerprint density at radius 2 is 0.325 bits per heavy atom. The van der Waals surface area contributed by atoms with Crippen molar-refractivity contribution in [2.24, 2.45) is 0 Å². The van der Waals surface area contributed by atoms with Gasteiger partial charge in [0.1, 0.15) is 0 Å². The average molecular weight is 1630 g/mol. The molecule has 592 valence electrons. The molecule has 0 aliphatic carbocycles. The fourth-order valence-electron chi connectivity index (χ4n) is 13.7. The third-order valence-corrected chi connectivity index (χ3v) is 31.4. The van der Waals surface area contributed by atoms with Gasteiger partial charge in [-0.15, -0.1) is 0 Å². The summed E-state index contributed by atoms with van der Waals surface area (Å²) in [4.78, 5) is 20.6. The number of unbranched alkanes of at least 4 members (excludes halogenated alkanes) is 8. The summed E-state index contributed by atoms with van der Waals surface area (Å²) in [5, 5.41) is 0. The number of aryl methyl sites for hydroxylation is 6. The highest BCUT2D eigenvalue weighted by molar-refractivity contribution is 7.98. The molecule has 0 unspecified atom stereocenters. The van der Waals surface area contributed by atoms with Gasteiger partial charge in [0, 0.05) is 0 Å². The van der Waals surface area contributed by atoms with Crippen LogP contribution in [0.15, 0.2) is 486 Å². The van der Waals surface area contributed by atoms with Crippen molar-refractivity contribution < 1.29 is 0 Å². The van der Waals surface area contributed by atoms with Crippen molar-refractivity contribution in [3.05, 3.63) is 451 Å². The molecular formula is C112H119S5+5. The van der Waals surface area contributed by atoms with Crippen LogP contribution < -0.4 is 0 Å². The first-order valence-electron chi connectivity index (χ1n) is 42.0. The van der Waals surface area contributed by atoms with Crippen molar-refractivity contribution in [3.8, 4) is 0 Å². The summed E-state index contributed by atoms with van der Waals surface area (Å²) in [5.41, 5.74) is 9.72. The summed E-state index contributed by atoms with van der Waals surface area (Å²) < 4.78 is 0. The molecule has 0 saturated carbocycles. The van der Waals surface area contributed by atoms with Gasteiger partial charge in [0.2, 0.25) is 0 Å². The van der Waals surface area contributed by atoms with E-state index in [-0.39, 0.29) is 59.9 Å². The van der Waals surface area contributed by atoms with Gasteiger partial charge in [-0.3, -0.25) is 0 Å². The number of hydrogen-bond acceptors (Lipinski definition) is 0. The molecular weight excluding hydrogens is 1510 g/mol. The minimum Gasteiger partial charge on any atom is -0.0654 e. The Morgan fingerprint density at radius 1 is 0.171 bits per heavy atom. The van der Waals surface area contributed by atoms with Crippen LogP contribution in [0, 0.1) is 27.7 Å². The zero-order valence-electron chi connectivity index (χ0n) is 70.3. The Hall–Kier alpha value is -9.95. The molecule has 0 bridgehead atoms. The number of rotatable bonds is 27. The maximum absolute atomic E-state index is 2.34. The molecule has 0 saturated heterocycles. The van der Waals surface area contributed by atoms with E-state index in [1.54, 1.807) is 0 Å². The summed E-state index contributed by atoms with van der Waals surface area (Å²) in [6.07, 6.45) is 15.9. The molecule has 0 heterocycles. The van der Waals surface area contributed by atoms with Gasteiger partial charge >= 0.3 is 0 Å². The average Bonchev–Trinajstić information content (AvgIpc) is 0.829. The van der Waals surface area contributed by atoms with Gasteiger partial charge < -0.3 is 0 Å². The van der Waals surface area contributed by atoms with Gasteiger partial charge in [-0.1, -0.05) is 339 Å². The van der Waals surface area contributed by atoms with Gasteiger partial charge in [0.25, 0.3) is 0 Å². The van der Waals surface area contributed by atoms with Crippen LogP contribution in [0.2, 0.25) is 0 Å². The fraction of sp³-hybridized carbons (Fsp3) is 0.196.